The summed E-state index contributed by atoms with van der Waals surface area (Å²) in [6.45, 7) is 3.43. The molecule has 0 bridgehead atoms. The van der Waals surface area contributed by atoms with Crippen LogP contribution in [0.25, 0.3) is 32.8 Å². The van der Waals surface area contributed by atoms with Gasteiger partial charge in [0.15, 0.2) is 0 Å². The number of nitrogens with zero attached hydrogens (tertiary/aromatic N) is 2. The maximum absolute atomic E-state index is 11.3. The van der Waals surface area contributed by atoms with Crippen molar-refractivity contribution in [3.8, 4) is 26.7 Å². The number of hydrogen-bond acceptors (Lipinski definition) is 5. The van der Waals surface area contributed by atoms with E-state index in [0.29, 0.717) is 10.7 Å². The average molecular weight is 479 g/mol. The molecule has 0 saturated carbocycles. The molecular formula is C26H23ClN2O3S. The molecule has 5 nitrogen and oxygen atoms in total. The monoisotopic (exact) mass is 478 g/mol. The molecule has 0 spiro atoms. The number of aromatic nitrogens is 2. The van der Waals surface area contributed by atoms with Gasteiger partial charge in [0.05, 0.1) is 34.1 Å². The van der Waals surface area contributed by atoms with Gasteiger partial charge in [0.1, 0.15) is 5.60 Å². The molecule has 0 atom stereocenters. The number of hydrogen-bond donors (Lipinski definition) is 1. The van der Waals surface area contributed by atoms with E-state index < -0.39 is 5.60 Å². The molecule has 168 valence electrons. The van der Waals surface area contributed by atoms with E-state index in [2.05, 4.69) is 15.9 Å². The second-order valence-corrected chi connectivity index (χ2v) is 9.47. The number of esters is 1. The number of rotatable bonds is 6. The second-order valence-electron chi connectivity index (χ2n) is 7.98. The van der Waals surface area contributed by atoms with Gasteiger partial charge in [-0.25, -0.2) is 9.48 Å². The van der Waals surface area contributed by atoms with Crippen LogP contribution in [0, 0.1) is 0 Å². The zero-order valence-electron chi connectivity index (χ0n) is 18.4. The van der Waals surface area contributed by atoms with Gasteiger partial charge in [-0.1, -0.05) is 48.0 Å². The van der Waals surface area contributed by atoms with Crippen molar-refractivity contribution < 1.29 is 14.6 Å². The number of ether oxygens (including phenoxy) is 1. The van der Waals surface area contributed by atoms with Gasteiger partial charge in [0, 0.05) is 11.0 Å². The van der Waals surface area contributed by atoms with E-state index >= 15 is 0 Å². The Labute approximate surface area is 201 Å². The number of benzene rings is 2. The fourth-order valence-electron chi connectivity index (χ4n) is 3.28. The van der Waals surface area contributed by atoms with Crippen molar-refractivity contribution in [3.05, 3.63) is 89.1 Å². The van der Waals surface area contributed by atoms with Crippen molar-refractivity contribution in [2.75, 3.05) is 7.11 Å². The van der Waals surface area contributed by atoms with Crippen LogP contribution in [0.1, 0.15) is 25.1 Å². The molecule has 0 aliphatic carbocycles. The SMILES string of the molecule is COC(=O)/C=C/c1ccc(-c2ccc(-c3cc(C(C)(C)O)nn3-c3ccccc3Cl)s2)cc1. The Balaban J connectivity index is 1.70. The van der Waals surface area contributed by atoms with Crippen LogP contribution in [0.15, 0.2) is 72.8 Å². The van der Waals surface area contributed by atoms with Crippen LogP contribution in [0.2, 0.25) is 5.02 Å². The van der Waals surface area contributed by atoms with Crippen molar-refractivity contribution >= 4 is 35.0 Å². The van der Waals surface area contributed by atoms with Gasteiger partial charge in [0.25, 0.3) is 0 Å². The van der Waals surface area contributed by atoms with E-state index in [-0.39, 0.29) is 5.97 Å². The molecular weight excluding hydrogens is 456 g/mol. The Bertz CT molecular complexity index is 1310. The Morgan fingerprint density at radius 2 is 1.79 bits per heavy atom. The smallest absolute Gasteiger partial charge is 0.330 e. The normalized spacial score (nSPS) is 11.8. The van der Waals surface area contributed by atoms with E-state index in [1.807, 2.05) is 60.7 Å². The van der Waals surface area contributed by atoms with Crippen LogP contribution in [0.3, 0.4) is 0 Å². The molecule has 0 radical (unpaired) electrons. The molecule has 2 aromatic heterocycles. The Hall–Kier alpha value is -3.19. The lowest BCUT2D eigenvalue weighted by atomic mass is 10.1. The minimum Gasteiger partial charge on any atom is -0.466 e. The molecule has 0 aliphatic rings. The zero-order chi connectivity index (χ0) is 23.6. The quantitative estimate of drug-likeness (QED) is 0.259. The summed E-state index contributed by atoms with van der Waals surface area (Å²) in [5.74, 6) is -0.387. The number of para-hydroxylation sites is 1. The Morgan fingerprint density at radius 1 is 1.09 bits per heavy atom. The highest BCUT2D eigenvalue weighted by Crippen LogP contribution is 2.38. The summed E-state index contributed by atoms with van der Waals surface area (Å²) in [6, 6.07) is 21.5. The molecule has 0 aliphatic heterocycles. The Kier molecular flexibility index (Phi) is 6.51. The van der Waals surface area contributed by atoms with Gasteiger partial charge < -0.3 is 9.84 Å². The molecule has 4 rings (SSSR count). The van der Waals surface area contributed by atoms with Gasteiger partial charge in [-0.15, -0.1) is 11.3 Å². The highest BCUT2D eigenvalue weighted by atomic mass is 35.5. The first-order valence-corrected chi connectivity index (χ1v) is 11.5. The lowest BCUT2D eigenvalue weighted by molar-refractivity contribution is -0.134. The third-order valence-electron chi connectivity index (χ3n) is 5.08. The third kappa shape index (κ3) is 5.09. The highest BCUT2D eigenvalue weighted by Gasteiger charge is 2.24. The summed E-state index contributed by atoms with van der Waals surface area (Å²) in [6.07, 6.45) is 3.12. The maximum Gasteiger partial charge on any atom is 0.330 e. The number of aliphatic hydroxyl groups is 1. The standard InChI is InChI=1S/C26H23ClN2O3S/c1-26(2,31)24-16-21(29(28-24)20-7-5-4-6-19(20)27)23-14-13-22(33-23)18-11-8-17(9-12-18)10-15-25(30)32-3/h4-16,31H,1-3H3/b15-10+. The van der Waals surface area contributed by atoms with Gasteiger partial charge in [-0.3, -0.25) is 0 Å². The van der Waals surface area contributed by atoms with Gasteiger partial charge >= 0.3 is 5.97 Å². The molecule has 0 unspecified atom stereocenters. The van der Waals surface area contributed by atoms with E-state index in [0.717, 1.165) is 32.3 Å². The minimum absolute atomic E-state index is 0.387. The summed E-state index contributed by atoms with van der Waals surface area (Å²) < 4.78 is 6.41. The van der Waals surface area contributed by atoms with Crippen molar-refractivity contribution in [1.82, 2.24) is 9.78 Å². The van der Waals surface area contributed by atoms with Crippen LogP contribution in [0.5, 0.6) is 0 Å². The van der Waals surface area contributed by atoms with Crippen LogP contribution >= 0.6 is 22.9 Å². The van der Waals surface area contributed by atoms with E-state index in [1.165, 1.54) is 13.2 Å². The van der Waals surface area contributed by atoms with Gasteiger partial charge in [-0.2, -0.15) is 5.10 Å². The summed E-state index contributed by atoms with van der Waals surface area (Å²) in [5, 5.41) is 15.8. The first-order valence-electron chi connectivity index (χ1n) is 10.3. The summed E-state index contributed by atoms with van der Waals surface area (Å²) in [5.41, 5.74) is 3.06. The molecule has 4 aromatic rings. The van der Waals surface area contributed by atoms with Crippen LogP contribution in [-0.2, 0) is 15.1 Å². The minimum atomic E-state index is -1.09. The van der Waals surface area contributed by atoms with Gasteiger partial charge in [-0.05, 0) is 61.4 Å². The second kappa shape index (κ2) is 9.35. The van der Waals surface area contributed by atoms with E-state index in [1.54, 1.807) is 35.9 Å². The number of carbonyl (C=O) groups excluding carboxylic acids is 1. The number of methoxy groups -OCH3 is 1. The molecule has 2 aromatic carbocycles. The topological polar surface area (TPSA) is 64.3 Å². The maximum atomic E-state index is 11.3. The molecule has 1 N–H and O–H groups in total. The largest absolute Gasteiger partial charge is 0.466 e. The van der Waals surface area contributed by atoms with Crippen molar-refractivity contribution in [2.45, 2.75) is 19.4 Å². The highest BCUT2D eigenvalue weighted by molar-refractivity contribution is 7.18. The van der Waals surface area contributed by atoms with E-state index in [4.69, 9.17) is 11.6 Å². The van der Waals surface area contributed by atoms with Crippen LogP contribution in [-0.4, -0.2) is 28.0 Å². The molecule has 0 amide bonds. The molecule has 33 heavy (non-hydrogen) atoms. The lowest BCUT2D eigenvalue weighted by Crippen LogP contribution is -2.16. The number of thiophene rings is 1. The van der Waals surface area contributed by atoms with Gasteiger partial charge in [0.2, 0.25) is 0 Å². The van der Waals surface area contributed by atoms with Crippen molar-refractivity contribution in [2.24, 2.45) is 0 Å². The molecule has 0 saturated heterocycles. The summed E-state index contributed by atoms with van der Waals surface area (Å²) in [4.78, 5) is 13.4. The number of halogens is 1. The predicted molar refractivity (Wildman–Crippen MR) is 134 cm³/mol. The first kappa shape index (κ1) is 23.0. The average Bonchev–Trinajstić information content (AvgIpc) is 3.45. The van der Waals surface area contributed by atoms with E-state index in [9.17, 15) is 9.90 Å². The summed E-state index contributed by atoms with van der Waals surface area (Å²) in [7, 11) is 1.35. The lowest BCUT2D eigenvalue weighted by Gasteiger charge is -2.13. The van der Waals surface area contributed by atoms with Crippen molar-refractivity contribution in [1.29, 1.82) is 0 Å². The fraction of sp³-hybridized carbons (Fsp3) is 0.154. The molecule has 7 heteroatoms. The van der Waals surface area contributed by atoms with Crippen LogP contribution < -0.4 is 0 Å². The number of carbonyl (C=O) groups is 1. The molecule has 0 fully saturated rings. The summed E-state index contributed by atoms with van der Waals surface area (Å²) >= 11 is 8.09. The predicted octanol–water partition coefficient (Wildman–Crippen LogP) is 6.33. The Morgan fingerprint density at radius 3 is 2.45 bits per heavy atom. The fourth-order valence-corrected chi connectivity index (χ4v) is 4.51. The first-order chi connectivity index (χ1) is 15.8. The van der Waals surface area contributed by atoms with Crippen molar-refractivity contribution in [3.63, 3.8) is 0 Å². The zero-order valence-corrected chi connectivity index (χ0v) is 20.0. The molecule has 2 heterocycles. The third-order valence-corrected chi connectivity index (χ3v) is 6.56. The van der Waals surface area contributed by atoms with Crippen LogP contribution in [0.4, 0.5) is 0 Å².